The van der Waals surface area contributed by atoms with Gasteiger partial charge in [-0.25, -0.2) is 4.98 Å². The van der Waals surface area contributed by atoms with E-state index in [0.29, 0.717) is 6.04 Å². The Morgan fingerprint density at radius 2 is 1.93 bits per heavy atom. The van der Waals surface area contributed by atoms with E-state index >= 15 is 0 Å². The quantitative estimate of drug-likeness (QED) is 0.692. The van der Waals surface area contributed by atoms with E-state index in [9.17, 15) is 0 Å². The van der Waals surface area contributed by atoms with Crippen molar-refractivity contribution < 1.29 is 4.74 Å². The molecule has 28 heavy (non-hydrogen) atoms. The first kappa shape index (κ1) is 19.5. The number of nitrogens with zero attached hydrogens (tertiary/aromatic N) is 5. The van der Waals surface area contributed by atoms with Crippen LogP contribution in [0.4, 0.5) is 11.8 Å². The van der Waals surface area contributed by atoms with E-state index in [4.69, 9.17) is 9.72 Å². The molecule has 1 unspecified atom stereocenters. The van der Waals surface area contributed by atoms with E-state index in [1.165, 1.54) is 10.5 Å². The van der Waals surface area contributed by atoms with Crippen LogP contribution in [0.3, 0.4) is 0 Å². The van der Waals surface area contributed by atoms with Gasteiger partial charge in [-0.3, -0.25) is 4.90 Å². The van der Waals surface area contributed by atoms with Gasteiger partial charge in [-0.1, -0.05) is 12.1 Å². The van der Waals surface area contributed by atoms with Gasteiger partial charge in [-0.05, 0) is 36.4 Å². The topological polar surface area (TPSA) is 44.7 Å². The maximum absolute atomic E-state index is 5.44. The molecule has 0 spiro atoms. The van der Waals surface area contributed by atoms with Gasteiger partial charge in [0.05, 0.1) is 13.2 Å². The van der Waals surface area contributed by atoms with Gasteiger partial charge in [-0.2, -0.15) is 4.98 Å². The molecule has 2 aliphatic rings. The Hall–Kier alpha value is -1.83. The zero-order valence-electron chi connectivity index (χ0n) is 16.8. The van der Waals surface area contributed by atoms with Crippen LogP contribution in [0.5, 0.6) is 0 Å². The minimum Gasteiger partial charge on any atom is -0.378 e. The smallest absolute Gasteiger partial charge is 0.227 e. The van der Waals surface area contributed by atoms with Gasteiger partial charge < -0.3 is 14.5 Å². The standard InChI is InChI=1S/C21H29N5OS/c1-24(20-7-9-22-21(23-20)26-11-13-27-14-12-26)18-8-10-25(16-18)15-17-3-5-19(28-2)6-4-17/h3-7,9,18H,8,10-16H2,1-2H3. The maximum atomic E-state index is 5.44. The summed E-state index contributed by atoms with van der Waals surface area (Å²) in [5, 5.41) is 0. The molecule has 0 N–H and O–H groups in total. The van der Waals surface area contributed by atoms with Crippen molar-refractivity contribution in [2.75, 3.05) is 62.5 Å². The highest BCUT2D eigenvalue weighted by Crippen LogP contribution is 2.23. The van der Waals surface area contributed by atoms with E-state index in [1.807, 2.05) is 12.3 Å². The molecule has 150 valence electrons. The molecule has 3 heterocycles. The summed E-state index contributed by atoms with van der Waals surface area (Å²) in [5.74, 6) is 1.82. The van der Waals surface area contributed by atoms with E-state index in [-0.39, 0.29) is 0 Å². The third-order valence-corrected chi connectivity index (χ3v) is 6.39. The molecule has 6 nitrogen and oxygen atoms in total. The minimum absolute atomic E-state index is 0.484. The third kappa shape index (κ3) is 4.59. The second-order valence-electron chi connectivity index (χ2n) is 7.45. The number of anilines is 2. The van der Waals surface area contributed by atoms with E-state index in [1.54, 1.807) is 11.8 Å². The van der Waals surface area contributed by atoms with Crippen LogP contribution >= 0.6 is 11.8 Å². The highest BCUT2D eigenvalue weighted by Gasteiger charge is 2.27. The van der Waals surface area contributed by atoms with Crippen molar-refractivity contribution in [1.29, 1.82) is 0 Å². The van der Waals surface area contributed by atoms with Crippen LogP contribution in [-0.4, -0.2) is 73.6 Å². The Morgan fingerprint density at radius 3 is 2.68 bits per heavy atom. The molecule has 1 atom stereocenters. The van der Waals surface area contributed by atoms with Gasteiger partial charge in [0.1, 0.15) is 5.82 Å². The van der Waals surface area contributed by atoms with E-state index < -0.39 is 0 Å². The van der Waals surface area contributed by atoms with Gasteiger partial charge in [0.25, 0.3) is 0 Å². The molecule has 0 aliphatic carbocycles. The predicted molar refractivity (Wildman–Crippen MR) is 115 cm³/mol. The Morgan fingerprint density at radius 1 is 1.14 bits per heavy atom. The molecule has 7 heteroatoms. The van der Waals surface area contributed by atoms with Crippen LogP contribution in [-0.2, 0) is 11.3 Å². The lowest BCUT2D eigenvalue weighted by atomic mass is 10.2. The van der Waals surface area contributed by atoms with Gasteiger partial charge in [0.15, 0.2) is 0 Å². The summed E-state index contributed by atoms with van der Waals surface area (Å²) in [7, 11) is 2.16. The number of thioether (sulfide) groups is 1. The first-order chi connectivity index (χ1) is 13.7. The van der Waals surface area contributed by atoms with Crippen LogP contribution in [0.2, 0.25) is 0 Å². The Balaban J connectivity index is 1.36. The number of hydrogen-bond acceptors (Lipinski definition) is 7. The molecule has 2 aliphatic heterocycles. The molecule has 0 bridgehead atoms. The molecule has 0 radical (unpaired) electrons. The normalized spacial score (nSPS) is 20.5. The van der Waals surface area contributed by atoms with Gasteiger partial charge in [0, 0.05) is 56.9 Å². The number of likely N-dealkylation sites (tertiary alicyclic amines) is 1. The number of rotatable bonds is 6. The summed E-state index contributed by atoms with van der Waals surface area (Å²) in [4.78, 5) is 17.7. The van der Waals surface area contributed by atoms with Crippen LogP contribution in [0, 0.1) is 0 Å². The summed E-state index contributed by atoms with van der Waals surface area (Å²) < 4.78 is 5.44. The molecular weight excluding hydrogens is 370 g/mol. The third-order valence-electron chi connectivity index (χ3n) is 5.64. The highest BCUT2D eigenvalue weighted by atomic mass is 32.2. The fourth-order valence-electron chi connectivity index (χ4n) is 3.90. The van der Waals surface area contributed by atoms with Gasteiger partial charge in [-0.15, -0.1) is 11.8 Å². The number of ether oxygens (including phenoxy) is 1. The van der Waals surface area contributed by atoms with Crippen LogP contribution in [0.15, 0.2) is 41.4 Å². The van der Waals surface area contributed by atoms with Crippen molar-refractivity contribution in [2.24, 2.45) is 0 Å². The van der Waals surface area contributed by atoms with Crippen molar-refractivity contribution in [1.82, 2.24) is 14.9 Å². The first-order valence-corrected chi connectivity index (χ1v) is 11.2. The Kier molecular flexibility index (Phi) is 6.34. The van der Waals surface area contributed by atoms with Crippen molar-refractivity contribution in [2.45, 2.75) is 23.9 Å². The van der Waals surface area contributed by atoms with Crippen molar-refractivity contribution >= 4 is 23.5 Å². The lowest BCUT2D eigenvalue weighted by Gasteiger charge is -2.29. The largest absolute Gasteiger partial charge is 0.378 e. The molecule has 2 fully saturated rings. The lowest BCUT2D eigenvalue weighted by molar-refractivity contribution is 0.122. The number of hydrogen-bond donors (Lipinski definition) is 0. The SMILES string of the molecule is CSc1ccc(CN2CCC(N(C)c3ccnc(N4CCOCC4)n3)C2)cc1. The summed E-state index contributed by atoms with van der Waals surface area (Å²) in [5.41, 5.74) is 1.39. The Labute approximate surface area is 171 Å². The van der Waals surface area contributed by atoms with E-state index in [2.05, 4.69) is 57.3 Å². The second kappa shape index (κ2) is 9.11. The van der Waals surface area contributed by atoms with Crippen LogP contribution in [0.25, 0.3) is 0 Å². The number of benzene rings is 1. The molecule has 0 saturated carbocycles. The summed E-state index contributed by atoms with van der Waals surface area (Å²) in [6.45, 7) is 6.43. The highest BCUT2D eigenvalue weighted by molar-refractivity contribution is 7.98. The van der Waals surface area contributed by atoms with Gasteiger partial charge >= 0.3 is 0 Å². The van der Waals surface area contributed by atoms with Crippen molar-refractivity contribution in [3.8, 4) is 0 Å². The van der Waals surface area contributed by atoms with Crippen molar-refractivity contribution in [3.05, 3.63) is 42.1 Å². The fourth-order valence-corrected chi connectivity index (χ4v) is 4.31. The number of morpholine rings is 1. The molecule has 2 saturated heterocycles. The minimum atomic E-state index is 0.484. The zero-order valence-corrected chi connectivity index (χ0v) is 17.6. The van der Waals surface area contributed by atoms with Crippen LogP contribution < -0.4 is 9.80 Å². The monoisotopic (exact) mass is 399 g/mol. The second-order valence-corrected chi connectivity index (χ2v) is 8.33. The number of aromatic nitrogens is 2. The van der Waals surface area contributed by atoms with Crippen LogP contribution in [0.1, 0.15) is 12.0 Å². The first-order valence-electron chi connectivity index (χ1n) is 9.97. The van der Waals surface area contributed by atoms with Gasteiger partial charge in [0.2, 0.25) is 5.95 Å². The summed E-state index contributed by atoms with van der Waals surface area (Å²) in [6, 6.07) is 11.4. The molecule has 1 aromatic carbocycles. The summed E-state index contributed by atoms with van der Waals surface area (Å²) in [6.07, 6.45) is 5.16. The fraction of sp³-hybridized carbons (Fsp3) is 0.524. The van der Waals surface area contributed by atoms with Crippen molar-refractivity contribution in [3.63, 3.8) is 0 Å². The molecular formula is C21H29N5OS. The Bertz CT molecular complexity index is 766. The average molecular weight is 400 g/mol. The lowest BCUT2D eigenvalue weighted by Crippen LogP contribution is -2.38. The predicted octanol–water partition coefficient (Wildman–Crippen LogP) is 2.75. The molecule has 2 aromatic rings. The number of likely N-dealkylation sites (N-methyl/N-ethyl adjacent to an activating group) is 1. The van der Waals surface area contributed by atoms with E-state index in [0.717, 1.165) is 64.1 Å². The zero-order chi connectivity index (χ0) is 19.3. The molecule has 0 amide bonds. The molecule has 4 rings (SSSR count). The summed E-state index contributed by atoms with van der Waals surface area (Å²) >= 11 is 1.79. The molecule has 1 aromatic heterocycles. The average Bonchev–Trinajstić information content (AvgIpc) is 3.23. The maximum Gasteiger partial charge on any atom is 0.227 e.